The summed E-state index contributed by atoms with van der Waals surface area (Å²) < 4.78 is 0. The topological polar surface area (TPSA) is 46.3 Å². The van der Waals surface area contributed by atoms with Crippen molar-refractivity contribution in [2.24, 2.45) is 11.7 Å². The Labute approximate surface area is 98.4 Å². The minimum atomic E-state index is -0.284. The smallest absolute Gasteiger partial charge is 0.227 e. The van der Waals surface area contributed by atoms with E-state index in [1.54, 1.807) is 0 Å². The molecule has 2 N–H and O–H groups in total. The van der Waals surface area contributed by atoms with Crippen LogP contribution in [0.2, 0.25) is 0 Å². The van der Waals surface area contributed by atoms with E-state index in [2.05, 4.69) is 0 Å². The Morgan fingerprint density at radius 1 is 1.25 bits per heavy atom. The van der Waals surface area contributed by atoms with Gasteiger partial charge < -0.3 is 10.6 Å². The standard InChI is InChI=1S/C13H24N2O/c1-13(14)9-4-3-8-11(13)12(16)15(2)10-6-5-7-10/h10-11H,3-9,14H2,1-2H3. The summed E-state index contributed by atoms with van der Waals surface area (Å²) in [6, 6.07) is 0.491. The molecule has 2 unspecified atom stereocenters. The number of rotatable bonds is 2. The van der Waals surface area contributed by atoms with Crippen molar-refractivity contribution >= 4 is 5.91 Å². The van der Waals surface area contributed by atoms with Gasteiger partial charge in [-0.15, -0.1) is 0 Å². The first kappa shape index (κ1) is 11.9. The van der Waals surface area contributed by atoms with Crippen LogP contribution in [0.3, 0.4) is 0 Å². The molecular formula is C13H24N2O. The molecule has 0 aliphatic heterocycles. The van der Waals surface area contributed by atoms with E-state index < -0.39 is 0 Å². The molecule has 0 aromatic carbocycles. The summed E-state index contributed by atoms with van der Waals surface area (Å²) in [6.07, 6.45) is 7.91. The van der Waals surface area contributed by atoms with Gasteiger partial charge in [-0.2, -0.15) is 0 Å². The Morgan fingerprint density at radius 3 is 2.44 bits per heavy atom. The lowest BCUT2D eigenvalue weighted by Crippen LogP contribution is -2.55. The average Bonchev–Trinajstić information content (AvgIpc) is 2.13. The quantitative estimate of drug-likeness (QED) is 0.778. The maximum Gasteiger partial charge on any atom is 0.227 e. The SMILES string of the molecule is CN(C(=O)C1CCCCC1(C)N)C1CCC1. The van der Waals surface area contributed by atoms with E-state index in [0.717, 1.165) is 19.3 Å². The zero-order chi connectivity index (χ0) is 11.8. The summed E-state index contributed by atoms with van der Waals surface area (Å²) >= 11 is 0. The van der Waals surface area contributed by atoms with Gasteiger partial charge in [0.1, 0.15) is 0 Å². The van der Waals surface area contributed by atoms with Crippen molar-refractivity contribution in [2.75, 3.05) is 7.05 Å². The fourth-order valence-corrected chi connectivity index (χ4v) is 2.96. The van der Waals surface area contributed by atoms with Crippen LogP contribution in [0, 0.1) is 5.92 Å². The molecular weight excluding hydrogens is 200 g/mol. The summed E-state index contributed by atoms with van der Waals surface area (Å²) in [7, 11) is 1.96. The van der Waals surface area contributed by atoms with Crippen LogP contribution in [-0.4, -0.2) is 29.4 Å². The predicted octanol–water partition coefficient (Wildman–Crippen LogP) is 1.90. The maximum absolute atomic E-state index is 12.4. The lowest BCUT2D eigenvalue weighted by molar-refractivity contribution is -0.141. The second-order valence-electron chi connectivity index (χ2n) is 5.84. The molecule has 0 bridgehead atoms. The number of nitrogens with zero attached hydrogens (tertiary/aromatic N) is 1. The average molecular weight is 224 g/mol. The van der Waals surface area contributed by atoms with E-state index in [0.29, 0.717) is 6.04 Å². The normalized spacial score (nSPS) is 35.6. The second kappa shape index (κ2) is 4.36. The first-order valence-electron chi connectivity index (χ1n) is 6.58. The van der Waals surface area contributed by atoms with Gasteiger partial charge in [0, 0.05) is 18.6 Å². The monoisotopic (exact) mass is 224 g/mol. The number of amides is 1. The molecule has 0 aromatic rings. The van der Waals surface area contributed by atoms with Crippen molar-refractivity contribution < 1.29 is 4.79 Å². The van der Waals surface area contributed by atoms with E-state index >= 15 is 0 Å². The number of hydrogen-bond acceptors (Lipinski definition) is 2. The molecule has 2 aliphatic carbocycles. The van der Waals surface area contributed by atoms with Gasteiger partial charge in [0.25, 0.3) is 0 Å². The highest BCUT2D eigenvalue weighted by atomic mass is 16.2. The summed E-state index contributed by atoms with van der Waals surface area (Å²) in [6.45, 7) is 2.04. The minimum absolute atomic E-state index is 0.0480. The van der Waals surface area contributed by atoms with Crippen LogP contribution in [0.1, 0.15) is 51.9 Å². The maximum atomic E-state index is 12.4. The van der Waals surface area contributed by atoms with Gasteiger partial charge in [-0.1, -0.05) is 12.8 Å². The number of hydrogen-bond donors (Lipinski definition) is 1. The van der Waals surface area contributed by atoms with E-state index in [9.17, 15) is 4.79 Å². The summed E-state index contributed by atoms with van der Waals surface area (Å²) in [5, 5.41) is 0. The fourth-order valence-electron chi connectivity index (χ4n) is 2.96. The molecule has 0 aromatic heterocycles. The van der Waals surface area contributed by atoms with Crippen LogP contribution >= 0.6 is 0 Å². The Bertz CT molecular complexity index is 271. The van der Waals surface area contributed by atoms with Gasteiger partial charge >= 0.3 is 0 Å². The van der Waals surface area contributed by atoms with E-state index in [-0.39, 0.29) is 17.4 Å². The molecule has 92 valence electrons. The molecule has 0 radical (unpaired) electrons. The Balaban J connectivity index is 2.01. The molecule has 3 heteroatoms. The summed E-state index contributed by atoms with van der Waals surface area (Å²) in [5.74, 6) is 0.334. The van der Waals surface area contributed by atoms with E-state index in [1.165, 1.54) is 25.7 Å². The van der Waals surface area contributed by atoms with Gasteiger partial charge in [-0.25, -0.2) is 0 Å². The van der Waals surface area contributed by atoms with Gasteiger partial charge in [0.15, 0.2) is 0 Å². The molecule has 3 nitrogen and oxygen atoms in total. The molecule has 2 aliphatic rings. The molecule has 2 saturated carbocycles. The van der Waals surface area contributed by atoms with Crippen molar-refractivity contribution in [1.82, 2.24) is 4.90 Å². The number of carbonyl (C=O) groups is 1. The second-order valence-corrected chi connectivity index (χ2v) is 5.84. The number of carbonyl (C=O) groups excluding carboxylic acids is 1. The van der Waals surface area contributed by atoms with E-state index in [1.807, 2.05) is 18.9 Å². The molecule has 1 amide bonds. The highest BCUT2D eigenvalue weighted by Gasteiger charge is 2.40. The van der Waals surface area contributed by atoms with Crippen molar-refractivity contribution in [3.8, 4) is 0 Å². The summed E-state index contributed by atoms with van der Waals surface area (Å²) in [5.41, 5.74) is 5.99. The van der Waals surface area contributed by atoms with Crippen LogP contribution < -0.4 is 5.73 Å². The fraction of sp³-hybridized carbons (Fsp3) is 0.923. The van der Waals surface area contributed by atoms with Crippen LogP contribution in [0.15, 0.2) is 0 Å². The Hall–Kier alpha value is -0.570. The van der Waals surface area contributed by atoms with Crippen LogP contribution in [0.4, 0.5) is 0 Å². The molecule has 0 saturated heterocycles. The highest BCUT2D eigenvalue weighted by Crippen LogP contribution is 2.34. The minimum Gasteiger partial charge on any atom is -0.342 e. The van der Waals surface area contributed by atoms with Crippen molar-refractivity contribution in [1.29, 1.82) is 0 Å². The third kappa shape index (κ3) is 2.10. The Kier molecular flexibility index (Phi) is 3.24. The van der Waals surface area contributed by atoms with Crippen molar-refractivity contribution in [3.63, 3.8) is 0 Å². The van der Waals surface area contributed by atoms with Gasteiger partial charge in [-0.05, 0) is 39.0 Å². The zero-order valence-electron chi connectivity index (χ0n) is 10.5. The largest absolute Gasteiger partial charge is 0.342 e. The van der Waals surface area contributed by atoms with Gasteiger partial charge in [0.2, 0.25) is 5.91 Å². The highest BCUT2D eigenvalue weighted by molar-refractivity contribution is 5.80. The first-order valence-corrected chi connectivity index (χ1v) is 6.58. The van der Waals surface area contributed by atoms with Gasteiger partial charge in [0.05, 0.1) is 5.92 Å². The Morgan fingerprint density at radius 2 is 1.94 bits per heavy atom. The van der Waals surface area contributed by atoms with Crippen molar-refractivity contribution in [2.45, 2.75) is 63.5 Å². The number of nitrogens with two attached hydrogens (primary N) is 1. The molecule has 0 heterocycles. The molecule has 16 heavy (non-hydrogen) atoms. The molecule has 2 atom stereocenters. The first-order chi connectivity index (χ1) is 7.52. The third-order valence-corrected chi connectivity index (χ3v) is 4.52. The van der Waals surface area contributed by atoms with Crippen LogP contribution in [0.5, 0.6) is 0 Å². The molecule has 0 spiro atoms. The van der Waals surface area contributed by atoms with Crippen LogP contribution in [-0.2, 0) is 4.79 Å². The zero-order valence-corrected chi connectivity index (χ0v) is 10.5. The molecule has 2 fully saturated rings. The summed E-state index contributed by atoms with van der Waals surface area (Å²) in [4.78, 5) is 14.4. The van der Waals surface area contributed by atoms with E-state index in [4.69, 9.17) is 5.73 Å². The lowest BCUT2D eigenvalue weighted by Gasteiger charge is -2.43. The molecule has 2 rings (SSSR count). The van der Waals surface area contributed by atoms with Gasteiger partial charge in [-0.3, -0.25) is 4.79 Å². The third-order valence-electron chi connectivity index (χ3n) is 4.52. The lowest BCUT2D eigenvalue weighted by atomic mass is 9.73. The van der Waals surface area contributed by atoms with Crippen molar-refractivity contribution in [3.05, 3.63) is 0 Å². The predicted molar refractivity (Wildman–Crippen MR) is 65.0 cm³/mol. The van der Waals surface area contributed by atoms with Crippen LogP contribution in [0.25, 0.3) is 0 Å².